The number of benzene rings is 3. The van der Waals surface area contributed by atoms with Crippen LogP contribution in [0.2, 0.25) is 0 Å². The Morgan fingerprint density at radius 2 is 1.70 bits per heavy atom. The number of hydrogen-bond acceptors (Lipinski definition) is 11. The van der Waals surface area contributed by atoms with Crippen LogP contribution in [0.1, 0.15) is 15.9 Å². The van der Waals surface area contributed by atoms with Crippen molar-refractivity contribution in [3.8, 4) is 11.1 Å². The van der Waals surface area contributed by atoms with E-state index in [0.717, 1.165) is 21.6 Å². The zero-order chi connectivity index (χ0) is 32.4. The van der Waals surface area contributed by atoms with E-state index in [1.54, 1.807) is 42.5 Å². The lowest BCUT2D eigenvalue weighted by Crippen LogP contribution is -2.78. The first kappa shape index (κ1) is 29.3. The zero-order valence-corrected chi connectivity index (χ0v) is 24.9. The number of para-hydroxylation sites is 1. The molecule has 2 fully saturated rings. The molecule has 4 aliphatic heterocycles. The molecule has 8 N–H and O–H groups in total. The highest BCUT2D eigenvalue weighted by Crippen LogP contribution is 2.45. The van der Waals surface area contributed by atoms with Crippen LogP contribution >= 0.6 is 0 Å². The van der Waals surface area contributed by atoms with Crippen molar-refractivity contribution in [3.05, 3.63) is 90.0 Å². The summed E-state index contributed by atoms with van der Waals surface area (Å²) in [6, 6.07) is 19.9. The van der Waals surface area contributed by atoms with Gasteiger partial charge in [-0.2, -0.15) is 0 Å². The Labute approximate surface area is 264 Å². The van der Waals surface area contributed by atoms with Crippen LogP contribution in [0.4, 0.5) is 10.5 Å². The third-order valence-corrected chi connectivity index (χ3v) is 9.26. The number of carbonyl (C=O) groups excluding carboxylic acids is 3. The van der Waals surface area contributed by atoms with Crippen LogP contribution in [0.25, 0.3) is 11.1 Å². The lowest BCUT2D eigenvalue weighted by molar-refractivity contribution is -0.230. The number of carbonyl (C=O) groups is 3. The molecular formula is C32H33N9O5. The van der Waals surface area contributed by atoms with Crippen LogP contribution in [0.3, 0.4) is 0 Å². The Bertz CT molecular complexity index is 1800. The van der Waals surface area contributed by atoms with Crippen molar-refractivity contribution in [2.24, 2.45) is 21.5 Å². The van der Waals surface area contributed by atoms with Gasteiger partial charge in [-0.3, -0.25) is 19.4 Å². The normalized spacial score (nSPS) is 26.3. The van der Waals surface area contributed by atoms with Crippen LogP contribution in [0.15, 0.2) is 88.8 Å². The second-order valence-electron chi connectivity index (χ2n) is 11.8. The average molecular weight is 624 g/mol. The molecule has 1 unspecified atom stereocenters. The number of nitrogens with one attached hydrogen (secondary N) is 2. The molecule has 236 valence electrons. The number of nitrogens with two attached hydrogens (primary N) is 2. The van der Waals surface area contributed by atoms with Gasteiger partial charge in [-0.15, -0.1) is 0 Å². The van der Waals surface area contributed by atoms with Crippen molar-refractivity contribution < 1.29 is 24.6 Å². The molecule has 0 aromatic heterocycles. The van der Waals surface area contributed by atoms with E-state index < -0.39 is 47.4 Å². The number of aliphatic hydroxyl groups is 2. The van der Waals surface area contributed by atoms with Crippen molar-refractivity contribution >= 4 is 35.5 Å². The second-order valence-corrected chi connectivity index (χ2v) is 11.8. The number of rotatable bonds is 6. The molecule has 2 saturated heterocycles. The van der Waals surface area contributed by atoms with E-state index in [1.807, 2.05) is 43.3 Å². The van der Waals surface area contributed by atoms with Gasteiger partial charge in [0, 0.05) is 17.8 Å². The molecular weight excluding hydrogens is 590 g/mol. The lowest BCUT2D eigenvalue weighted by Gasteiger charge is -2.49. The Morgan fingerprint density at radius 1 is 1.00 bits per heavy atom. The third kappa shape index (κ3) is 4.29. The minimum Gasteiger partial charge on any atom is -0.370 e. The number of hydrogen-bond donors (Lipinski definition) is 6. The smallest absolute Gasteiger partial charge is 0.331 e. The van der Waals surface area contributed by atoms with Crippen LogP contribution < -0.4 is 27.0 Å². The number of guanidine groups is 2. The standard InChI is InChI=1S/C32H33N9O5/c1-18-21(19-9-4-2-5-10-19)13-8-14-22(18)27(43)36-24-16-41-29(34)35-23(26-31(41,32(24,45)46)38-28(33)37-26)15-40-25(42)17-39(30(40)44)20-11-6-3-7-12-20/h2-14,23-24,26,45-46H,15-17H2,1H3,(H2,34,35)(H,36,43)(H3,33,37,38)/t23-,24?,26-,31-/m0/s1. The molecule has 7 rings (SSSR count). The molecule has 14 nitrogen and oxygen atoms in total. The highest BCUT2D eigenvalue weighted by molar-refractivity contribution is 6.12. The van der Waals surface area contributed by atoms with E-state index in [-0.39, 0.29) is 31.6 Å². The summed E-state index contributed by atoms with van der Waals surface area (Å²) in [5.74, 6) is -3.86. The minimum atomic E-state index is -2.68. The van der Waals surface area contributed by atoms with Gasteiger partial charge in [0.2, 0.25) is 5.79 Å². The van der Waals surface area contributed by atoms with E-state index in [4.69, 9.17) is 11.5 Å². The maximum Gasteiger partial charge on any atom is 0.331 e. The van der Waals surface area contributed by atoms with Gasteiger partial charge in [0.15, 0.2) is 17.6 Å². The quantitative estimate of drug-likeness (QED) is 0.160. The molecule has 0 bridgehead atoms. The topological polar surface area (TPSA) is 202 Å². The van der Waals surface area contributed by atoms with E-state index in [1.165, 1.54) is 9.80 Å². The fraction of sp³-hybridized carbons (Fsp3) is 0.281. The fourth-order valence-electron chi connectivity index (χ4n) is 7.00. The van der Waals surface area contributed by atoms with Gasteiger partial charge in [0.1, 0.15) is 18.6 Å². The van der Waals surface area contributed by atoms with E-state index in [0.29, 0.717) is 11.3 Å². The number of aliphatic imine (C=N–C) groups is 2. The number of imide groups is 1. The van der Waals surface area contributed by atoms with Gasteiger partial charge < -0.3 is 37.2 Å². The summed E-state index contributed by atoms with van der Waals surface area (Å²) in [5, 5.41) is 29.4. The molecule has 0 radical (unpaired) electrons. The minimum absolute atomic E-state index is 0.0934. The van der Waals surface area contributed by atoms with E-state index in [9.17, 15) is 24.6 Å². The molecule has 1 spiro atoms. The first-order valence-corrected chi connectivity index (χ1v) is 14.8. The van der Waals surface area contributed by atoms with Crippen molar-refractivity contribution in [3.63, 3.8) is 0 Å². The molecule has 4 aliphatic rings. The van der Waals surface area contributed by atoms with Gasteiger partial charge in [-0.1, -0.05) is 60.7 Å². The van der Waals surface area contributed by atoms with Crippen LogP contribution in [0.5, 0.6) is 0 Å². The molecule has 3 aromatic rings. The summed E-state index contributed by atoms with van der Waals surface area (Å²) in [7, 11) is 0. The number of anilines is 1. The van der Waals surface area contributed by atoms with Crippen molar-refractivity contribution in [1.82, 2.24) is 20.4 Å². The number of urea groups is 1. The molecule has 4 atom stereocenters. The Balaban J connectivity index is 1.16. The van der Waals surface area contributed by atoms with Gasteiger partial charge >= 0.3 is 6.03 Å². The van der Waals surface area contributed by atoms with Crippen molar-refractivity contribution in [2.75, 3.05) is 24.5 Å². The summed E-state index contributed by atoms with van der Waals surface area (Å²) in [4.78, 5) is 52.9. The number of nitrogens with zero attached hydrogens (tertiary/aromatic N) is 5. The molecule has 4 heterocycles. The van der Waals surface area contributed by atoms with Gasteiger partial charge in [-0.25, -0.2) is 14.8 Å². The summed E-state index contributed by atoms with van der Waals surface area (Å²) < 4.78 is 0. The van der Waals surface area contributed by atoms with Crippen LogP contribution in [-0.2, 0) is 4.79 Å². The molecule has 0 aliphatic carbocycles. The first-order valence-electron chi connectivity index (χ1n) is 14.8. The molecule has 0 saturated carbocycles. The van der Waals surface area contributed by atoms with Crippen molar-refractivity contribution in [1.29, 1.82) is 0 Å². The summed E-state index contributed by atoms with van der Waals surface area (Å²) in [5.41, 5.74) is 14.1. The number of amides is 4. The summed E-state index contributed by atoms with van der Waals surface area (Å²) in [6.45, 7) is 1.29. The summed E-state index contributed by atoms with van der Waals surface area (Å²) in [6.07, 6.45) is 0. The largest absolute Gasteiger partial charge is 0.370 e. The Kier molecular flexibility index (Phi) is 6.72. The highest BCUT2D eigenvalue weighted by atomic mass is 16.5. The Morgan fingerprint density at radius 3 is 2.41 bits per heavy atom. The van der Waals surface area contributed by atoms with Gasteiger partial charge in [0.05, 0.1) is 12.6 Å². The van der Waals surface area contributed by atoms with Crippen LogP contribution in [0, 0.1) is 6.92 Å². The SMILES string of the molecule is Cc1c(C(=O)NC2CN3C(N)=N[C@@H](CN4C(=O)CN(c5ccccc5)C4=O)[C@@H]4N=C(N)N[C@@]43C2(O)O)cccc1-c1ccccc1. The lowest BCUT2D eigenvalue weighted by atomic mass is 9.84. The maximum atomic E-state index is 13.7. The maximum absolute atomic E-state index is 13.7. The highest BCUT2D eigenvalue weighted by Gasteiger charge is 2.73. The molecule has 14 heteroatoms. The average Bonchev–Trinajstić information content (AvgIpc) is 3.63. The predicted octanol–water partition coefficient (Wildman–Crippen LogP) is -0.0946. The molecule has 4 amide bonds. The van der Waals surface area contributed by atoms with Crippen LogP contribution in [-0.4, -0.2) is 99.0 Å². The summed E-state index contributed by atoms with van der Waals surface area (Å²) >= 11 is 0. The third-order valence-electron chi connectivity index (χ3n) is 9.26. The first-order chi connectivity index (χ1) is 22.0. The van der Waals surface area contributed by atoms with Gasteiger partial charge in [0.25, 0.3) is 11.8 Å². The molecule has 46 heavy (non-hydrogen) atoms. The van der Waals surface area contributed by atoms with E-state index >= 15 is 0 Å². The second kappa shape index (κ2) is 10.6. The van der Waals surface area contributed by atoms with Gasteiger partial charge in [-0.05, 0) is 41.8 Å². The van der Waals surface area contributed by atoms with E-state index in [2.05, 4.69) is 20.6 Å². The predicted molar refractivity (Wildman–Crippen MR) is 169 cm³/mol. The zero-order valence-electron chi connectivity index (χ0n) is 24.9. The fourth-order valence-corrected chi connectivity index (χ4v) is 7.00. The monoisotopic (exact) mass is 623 g/mol. The van der Waals surface area contributed by atoms with Crippen molar-refractivity contribution in [2.45, 2.75) is 36.5 Å². The molecule has 3 aromatic carbocycles. The Hall–Kier alpha value is -5.47.